The first-order chi connectivity index (χ1) is 16.0. The first-order valence-electron chi connectivity index (χ1n) is 10.3. The largest absolute Gasteiger partial charge is 0.467 e. The maximum absolute atomic E-state index is 13.4. The van der Waals surface area contributed by atoms with Gasteiger partial charge in [0.05, 0.1) is 36.0 Å². The zero-order chi connectivity index (χ0) is 23.2. The van der Waals surface area contributed by atoms with Crippen molar-refractivity contribution in [3.05, 3.63) is 111 Å². The van der Waals surface area contributed by atoms with E-state index >= 15 is 0 Å². The van der Waals surface area contributed by atoms with Gasteiger partial charge in [0.2, 0.25) is 0 Å². The number of pyridine rings is 1. The number of benzene rings is 1. The normalized spacial score (nSPS) is 11.7. The molecule has 3 aromatic heterocycles. The lowest BCUT2D eigenvalue weighted by Crippen LogP contribution is -2.29. The van der Waals surface area contributed by atoms with Crippen LogP contribution in [0.1, 0.15) is 39.7 Å². The van der Waals surface area contributed by atoms with Gasteiger partial charge in [0.15, 0.2) is 0 Å². The van der Waals surface area contributed by atoms with Crippen molar-refractivity contribution >= 4 is 28.6 Å². The SMILES string of the molecule is CC(Nc1ccc(C(=O)N(Cc2ccco2)Cc2cccs2)cc1[N+](=O)[O-])c1ccccn1. The van der Waals surface area contributed by atoms with E-state index in [1.807, 2.05) is 42.6 Å². The van der Waals surface area contributed by atoms with Crippen LogP contribution in [0.2, 0.25) is 0 Å². The lowest BCUT2D eigenvalue weighted by atomic mass is 10.1. The summed E-state index contributed by atoms with van der Waals surface area (Å²) < 4.78 is 5.42. The molecule has 168 valence electrons. The van der Waals surface area contributed by atoms with E-state index in [0.29, 0.717) is 18.0 Å². The van der Waals surface area contributed by atoms with E-state index in [0.717, 1.165) is 10.6 Å². The van der Waals surface area contributed by atoms with Gasteiger partial charge in [-0.3, -0.25) is 19.9 Å². The van der Waals surface area contributed by atoms with E-state index in [1.165, 1.54) is 6.07 Å². The Bertz CT molecular complexity index is 1170. The minimum absolute atomic E-state index is 0.169. The quantitative estimate of drug-likeness (QED) is 0.254. The summed E-state index contributed by atoms with van der Waals surface area (Å²) in [5.41, 5.74) is 1.15. The van der Waals surface area contributed by atoms with E-state index in [4.69, 9.17) is 4.42 Å². The number of carbonyl (C=O) groups is 1. The van der Waals surface area contributed by atoms with Crippen LogP contribution in [0.15, 0.2) is 82.9 Å². The number of nitrogens with one attached hydrogen (secondary N) is 1. The number of hydrogen-bond donors (Lipinski definition) is 1. The van der Waals surface area contributed by atoms with E-state index < -0.39 is 4.92 Å². The molecule has 9 heteroatoms. The summed E-state index contributed by atoms with van der Waals surface area (Å²) in [6.07, 6.45) is 3.22. The van der Waals surface area contributed by atoms with E-state index in [2.05, 4.69) is 10.3 Å². The summed E-state index contributed by atoms with van der Waals surface area (Å²) in [5, 5.41) is 16.9. The second-order valence-electron chi connectivity index (χ2n) is 7.43. The molecule has 4 rings (SSSR count). The molecule has 1 N–H and O–H groups in total. The Kier molecular flexibility index (Phi) is 6.80. The van der Waals surface area contributed by atoms with Crippen molar-refractivity contribution in [2.24, 2.45) is 0 Å². The van der Waals surface area contributed by atoms with E-state index in [-0.39, 0.29) is 29.7 Å². The minimum atomic E-state index is -0.486. The van der Waals surface area contributed by atoms with Crippen LogP contribution in [0.25, 0.3) is 0 Å². The number of rotatable bonds is 9. The fourth-order valence-electron chi connectivity index (χ4n) is 3.44. The van der Waals surface area contributed by atoms with Gasteiger partial charge in [-0.05, 0) is 54.8 Å². The van der Waals surface area contributed by atoms with Gasteiger partial charge in [0, 0.05) is 22.7 Å². The highest BCUT2D eigenvalue weighted by atomic mass is 32.1. The molecule has 0 aliphatic heterocycles. The molecule has 3 heterocycles. The molecule has 0 aliphatic carbocycles. The number of amides is 1. The molecule has 4 aromatic rings. The van der Waals surface area contributed by atoms with Gasteiger partial charge in [0.1, 0.15) is 11.4 Å². The summed E-state index contributed by atoms with van der Waals surface area (Å²) in [4.78, 5) is 31.6. The Hall–Kier alpha value is -3.98. The number of hydrogen-bond acceptors (Lipinski definition) is 7. The Morgan fingerprint density at radius 3 is 2.73 bits per heavy atom. The minimum Gasteiger partial charge on any atom is -0.467 e. The highest BCUT2D eigenvalue weighted by molar-refractivity contribution is 7.09. The van der Waals surface area contributed by atoms with Crippen LogP contribution >= 0.6 is 11.3 Å². The van der Waals surface area contributed by atoms with Gasteiger partial charge in [-0.15, -0.1) is 11.3 Å². The summed E-state index contributed by atoms with van der Waals surface area (Å²) >= 11 is 1.54. The van der Waals surface area contributed by atoms with Crippen LogP contribution in [0.3, 0.4) is 0 Å². The van der Waals surface area contributed by atoms with Crippen molar-refractivity contribution in [3.63, 3.8) is 0 Å². The van der Waals surface area contributed by atoms with Gasteiger partial charge in [-0.2, -0.15) is 0 Å². The van der Waals surface area contributed by atoms with Crippen molar-refractivity contribution in [1.29, 1.82) is 0 Å². The summed E-state index contributed by atoms with van der Waals surface area (Å²) in [7, 11) is 0. The number of furan rings is 1. The zero-order valence-electron chi connectivity index (χ0n) is 17.9. The number of nitro groups is 1. The Morgan fingerprint density at radius 2 is 2.06 bits per heavy atom. The molecule has 0 bridgehead atoms. The predicted octanol–water partition coefficient (Wildman–Crippen LogP) is 5.66. The van der Waals surface area contributed by atoms with Crippen LogP contribution in [-0.4, -0.2) is 20.7 Å². The third-order valence-electron chi connectivity index (χ3n) is 5.09. The fraction of sp³-hybridized carbons (Fsp3) is 0.167. The monoisotopic (exact) mass is 462 g/mol. The number of carbonyl (C=O) groups excluding carboxylic acids is 1. The average Bonchev–Trinajstić information content (AvgIpc) is 3.53. The summed E-state index contributed by atoms with van der Waals surface area (Å²) in [6, 6.07) is 17.2. The molecular weight excluding hydrogens is 440 g/mol. The topological polar surface area (TPSA) is 102 Å². The maximum atomic E-state index is 13.4. The highest BCUT2D eigenvalue weighted by Gasteiger charge is 2.23. The van der Waals surface area contributed by atoms with E-state index in [1.54, 1.807) is 53.0 Å². The number of nitrogens with zero attached hydrogens (tertiary/aromatic N) is 3. The molecule has 1 amide bonds. The lowest BCUT2D eigenvalue weighted by molar-refractivity contribution is -0.384. The second kappa shape index (κ2) is 10.1. The second-order valence-corrected chi connectivity index (χ2v) is 8.46. The molecule has 0 saturated heterocycles. The number of aromatic nitrogens is 1. The van der Waals surface area contributed by atoms with Crippen molar-refractivity contribution in [3.8, 4) is 0 Å². The average molecular weight is 463 g/mol. The molecule has 33 heavy (non-hydrogen) atoms. The van der Waals surface area contributed by atoms with Gasteiger partial charge in [-0.1, -0.05) is 12.1 Å². The number of nitro benzene ring substituents is 1. The van der Waals surface area contributed by atoms with Gasteiger partial charge < -0.3 is 14.6 Å². The number of anilines is 1. The molecule has 0 aliphatic rings. The molecule has 1 aromatic carbocycles. The van der Waals surface area contributed by atoms with Crippen molar-refractivity contribution in [2.45, 2.75) is 26.1 Å². The first kappa shape index (κ1) is 22.2. The van der Waals surface area contributed by atoms with E-state index in [9.17, 15) is 14.9 Å². The molecular formula is C24H22N4O4S. The van der Waals surface area contributed by atoms with Gasteiger partial charge in [0.25, 0.3) is 11.6 Å². The molecule has 1 unspecified atom stereocenters. The maximum Gasteiger partial charge on any atom is 0.293 e. The van der Waals surface area contributed by atoms with Crippen molar-refractivity contribution in [1.82, 2.24) is 9.88 Å². The third kappa shape index (κ3) is 5.45. The Balaban J connectivity index is 1.60. The third-order valence-corrected chi connectivity index (χ3v) is 5.95. The molecule has 0 radical (unpaired) electrons. The van der Waals surface area contributed by atoms with Crippen molar-refractivity contribution in [2.75, 3.05) is 5.32 Å². The standard InChI is InChI=1S/C24H22N4O4S/c1-17(21-8-2-3-11-25-21)26-22-10-9-18(14-23(22)28(30)31)24(29)27(15-19-6-4-12-32-19)16-20-7-5-13-33-20/h2-14,17,26H,15-16H2,1H3. The summed E-state index contributed by atoms with van der Waals surface area (Å²) in [5.74, 6) is 0.323. The van der Waals surface area contributed by atoms with Crippen LogP contribution in [0, 0.1) is 10.1 Å². The van der Waals surface area contributed by atoms with Crippen molar-refractivity contribution < 1.29 is 14.1 Å². The van der Waals surface area contributed by atoms with Gasteiger partial charge in [-0.25, -0.2) is 0 Å². The first-order valence-corrected chi connectivity index (χ1v) is 11.2. The molecule has 1 atom stereocenters. The molecule has 8 nitrogen and oxygen atoms in total. The number of thiophene rings is 1. The fourth-order valence-corrected chi connectivity index (χ4v) is 4.16. The van der Waals surface area contributed by atoms with Crippen LogP contribution in [0.5, 0.6) is 0 Å². The van der Waals surface area contributed by atoms with Crippen LogP contribution < -0.4 is 5.32 Å². The molecule has 0 saturated carbocycles. The van der Waals surface area contributed by atoms with Gasteiger partial charge >= 0.3 is 0 Å². The molecule has 0 fully saturated rings. The van der Waals surface area contributed by atoms with Crippen LogP contribution in [0.4, 0.5) is 11.4 Å². The zero-order valence-corrected chi connectivity index (χ0v) is 18.7. The summed E-state index contributed by atoms with van der Waals surface area (Å²) in [6.45, 7) is 2.51. The van der Waals surface area contributed by atoms with Crippen LogP contribution in [-0.2, 0) is 13.1 Å². The molecule has 0 spiro atoms. The lowest BCUT2D eigenvalue weighted by Gasteiger charge is -2.21. The smallest absolute Gasteiger partial charge is 0.293 e. The Labute approximate surface area is 194 Å². The Morgan fingerprint density at radius 1 is 1.18 bits per heavy atom. The predicted molar refractivity (Wildman–Crippen MR) is 126 cm³/mol. The highest BCUT2D eigenvalue weighted by Crippen LogP contribution is 2.30.